The van der Waals surface area contributed by atoms with Crippen molar-refractivity contribution in [3.8, 4) is 0 Å². The molecule has 2 fully saturated rings. The Bertz CT molecular complexity index is 697. The third-order valence-electron chi connectivity index (χ3n) is 4.90. The number of nitrogens with zero attached hydrogens (tertiary/aromatic N) is 2. The second-order valence-corrected chi connectivity index (χ2v) is 9.74. The van der Waals surface area contributed by atoms with E-state index >= 15 is 0 Å². The first kappa shape index (κ1) is 18.4. The van der Waals surface area contributed by atoms with Crippen molar-refractivity contribution in [1.29, 1.82) is 0 Å². The summed E-state index contributed by atoms with van der Waals surface area (Å²) in [5, 5.41) is 4.00. The monoisotopic (exact) mass is 391 g/mol. The third kappa shape index (κ3) is 3.89. The van der Waals surface area contributed by atoms with E-state index in [1.54, 1.807) is 6.07 Å². The highest BCUT2D eigenvalue weighted by Crippen LogP contribution is 2.29. The van der Waals surface area contributed by atoms with Gasteiger partial charge in [-0.25, -0.2) is 8.42 Å². The smallest absolute Gasteiger partial charge is 0.244 e. The van der Waals surface area contributed by atoms with Crippen molar-refractivity contribution in [3.63, 3.8) is 0 Å². The molecule has 0 saturated carbocycles. The molecule has 2 heterocycles. The van der Waals surface area contributed by atoms with E-state index in [2.05, 4.69) is 17.1 Å². The molecule has 1 unspecified atom stereocenters. The summed E-state index contributed by atoms with van der Waals surface area (Å²) in [6.45, 7) is 7.85. The van der Waals surface area contributed by atoms with Crippen molar-refractivity contribution in [2.75, 3.05) is 45.8 Å². The van der Waals surface area contributed by atoms with Crippen molar-refractivity contribution >= 4 is 33.2 Å². The van der Waals surface area contributed by atoms with Crippen molar-refractivity contribution in [2.24, 2.45) is 5.41 Å². The van der Waals surface area contributed by atoms with Gasteiger partial charge in [0, 0.05) is 44.3 Å². The van der Waals surface area contributed by atoms with Crippen LogP contribution in [0.4, 0.5) is 0 Å². The third-order valence-corrected chi connectivity index (χ3v) is 7.52. The van der Waals surface area contributed by atoms with Crippen LogP contribution < -0.4 is 5.32 Å². The van der Waals surface area contributed by atoms with Crippen molar-refractivity contribution in [3.05, 3.63) is 28.2 Å². The largest absolute Gasteiger partial charge is 0.316 e. The molecule has 134 valence electrons. The Morgan fingerprint density at radius 2 is 1.92 bits per heavy atom. The zero-order valence-electron chi connectivity index (χ0n) is 13.8. The van der Waals surface area contributed by atoms with Crippen LogP contribution in [0.15, 0.2) is 23.1 Å². The first-order chi connectivity index (χ1) is 11.3. The summed E-state index contributed by atoms with van der Waals surface area (Å²) in [4.78, 5) is 2.45. The minimum absolute atomic E-state index is 0.0945. The summed E-state index contributed by atoms with van der Waals surface area (Å²) >= 11 is 12.0. The molecule has 0 spiro atoms. The average Bonchev–Trinajstić information content (AvgIpc) is 2.96. The van der Waals surface area contributed by atoms with Crippen LogP contribution in [0, 0.1) is 5.41 Å². The number of hydrogen-bond donors (Lipinski definition) is 1. The van der Waals surface area contributed by atoms with Gasteiger partial charge in [-0.3, -0.25) is 0 Å². The summed E-state index contributed by atoms with van der Waals surface area (Å²) in [5.41, 5.74) is 0.289. The van der Waals surface area contributed by atoms with E-state index in [9.17, 15) is 8.42 Å². The van der Waals surface area contributed by atoms with Crippen LogP contribution in [0.1, 0.15) is 13.3 Å². The quantitative estimate of drug-likeness (QED) is 0.855. The van der Waals surface area contributed by atoms with Gasteiger partial charge in [0.1, 0.15) is 4.90 Å². The van der Waals surface area contributed by atoms with Crippen molar-refractivity contribution < 1.29 is 8.42 Å². The normalized spacial score (nSPS) is 26.8. The second kappa shape index (κ2) is 7.09. The molecule has 2 aliphatic heterocycles. The molecule has 0 radical (unpaired) electrons. The molecule has 24 heavy (non-hydrogen) atoms. The lowest BCUT2D eigenvalue weighted by Crippen LogP contribution is -2.51. The lowest BCUT2D eigenvalue weighted by atomic mass is 9.89. The van der Waals surface area contributed by atoms with E-state index in [4.69, 9.17) is 23.2 Å². The minimum Gasteiger partial charge on any atom is -0.316 e. The Kier molecular flexibility index (Phi) is 5.45. The average molecular weight is 392 g/mol. The number of nitrogens with one attached hydrogen (secondary N) is 1. The van der Waals surface area contributed by atoms with Crippen LogP contribution in [0.5, 0.6) is 0 Å². The van der Waals surface area contributed by atoms with Crippen LogP contribution in [-0.2, 0) is 10.0 Å². The number of sulfonamides is 1. The number of halogens is 2. The molecule has 8 heteroatoms. The molecule has 1 atom stereocenters. The fourth-order valence-electron chi connectivity index (χ4n) is 3.49. The summed E-state index contributed by atoms with van der Waals surface area (Å²) in [6.07, 6.45) is 1.17. The van der Waals surface area contributed by atoms with Crippen molar-refractivity contribution in [1.82, 2.24) is 14.5 Å². The maximum Gasteiger partial charge on any atom is 0.244 e. The number of benzene rings is 1. The van der Waals surface area contributed by atoms with Gasteiger partial charge in [0.25, 0.3) is 0 Å². The van der Waals surface area contributed by atoms with Gasteiger partial charge in [0.15, 0.2) is 0 Å². The van der Waals surface area contributed by atoms with Crippen LogP contribution in [0.3, 0.4) is 0 Å². The van der Waals surface area contributed by atoms with E-state index in [0.29, 0.717) is 18.1 Å². The molecule has 0 aliphatic carbocycles. The molecule has 2 saturated heterocycles. The fourth-order valence-corrected chi connectivity index (χ4v) is 5.64. The lowest BCUT2D eigenvalue weighted by molar-refractivity contribution is 0.132. The molecular formula is C16H23Cl2N3O2S. The summed E-state index contributed by atoms with van der Waals surface area (Å²) in [5.74, 6) is 0. The van der Waals surface area contributed by atoms with Gasteiger partial charge in [0.05, 0.1) is 5.02 Å². The topological polar surface area (TPSA) is 52.7 Å². The van der Waals surface area contributed by atoms with Gasteiger partial charge in [-0.1, -0.05) is 30.1 Å². The first-order valence-electron chi connectivity index (χ1n) is 8.18. The Labute approximate surface area is 154 Å². The van der Waals surface area contributed by atoms with Gasteiger partial charge < -0.3 is 10.2 Å². The Balaban J connectivity index is 1.66. The van der Waals surface area contributed by atoms with E-state index in [1.165, 1.54) is 22.9 Å². The van der Waals surface area contributed by atoms with Gasteiger partial charge >= 0.3 is 0 Å². The summed E-state index contributed by atoms with van der Waals surface area (Å²) < 4.78 is 27.2. The van der Waals surface area contributed by atoms with E-state index in [0.717, 1.165) is 32.7 Å². The van der Waals surface area contributed by atoms with Crippen LogP contribution in [0.2, 0.25) is 10.0 Å². The highest BCUT2D eigenvalue weighted by Gasteiger charge is 2.34. The molecule has 2 aliphatic rings. The molecule has 1 aromatic rings. The van der Waals surface area contributed by atoms with Gasteiger partial charge in [-0.05, 0) is 36.6 Å². The number of hydrogen-bond acceptors (Lipinski definition) is 4. The standard InChI is InChI=1S/C16H23Cl2N3O2S/c1-16(4-5-19-11-16)12-20-6-8-21(9-7-20)24(22,23)15-10-13(17)2-3-14(15)18/h2-3,10,19H,4-9,11-12H2,1H3. The van der Waals surface area contributed by atoms with Gasteiger partial charge in [-0.2, -0.15) is 4.31 Å². The predicted octanol–water partition coefficient (Wildman–Crippen LogP) is 2.30. The Morgan fingerprint density at radius 1 is 1.21 bits per heavy atom. The second-order valence-electron chi connectivity index (χ2n) is 6.99. The zero-order chi connectivity index (χ0) is 17.4. The molecular weight excluding hydrogens is 369 g/mol. The fraction of sp³-hybridized carbons (Fsp3) is 0.625. The molecule has 0 aromatic heterocycles. The molecule has 0 bridgehead atoms. The highest BCUT2D eigenvalue weighted by molar-refractivity contribution is 7.89. The first-order valence-corrected chi connectivity index (χ1v) is 10.4. The Hall–Kier alpha value is -0.370. The highest BCUT2D eigenvalue weighted by atomic mass is 35.5. The van der Waals surface area contributed by atoms with Crippen molar-refractivity contribution in [2.45, 2.75) is 18.2 Å². The van der Waals surface area contributed by atoms with E-state index in [-0.39, 0.29) is 15.3 Å². The van der Waals surface area contributed by atoms with Crippen LogP contribution in [0.25, 0.3) is 0 Å². The maximum atomic E-state index is 12.8. The molecule has 1 aromatic carbocycles. The maximum absolute atomic E-state index is 12.8. The van der Waals surface area contributed by atoms with E-state index in [1.807, 2.05) is 0 Å². The SMILES string of the molecule is CC1(CN2CCN(S(=O)(=O)c3cc(Cl)ccc3Cl)CC2)CCNC1. The summed E-state index contributed by atoms with van der Waals surface area (Å²) in [7, 11) is -3.60. The number of piperazine rings is 1. The van der Waals surface area contributed by atoms with Crippen LogP contribution >= 0.6 is 23.2 Å². The van der Waals surface area contributed by atoms with Gasteiger partial charge in [0.2, 0.25) is 10.0 Å². The Morgan fingerprint density at radius 3 is 2.54 bits per heavy atom. The molecule has 0 amide bonds. The molecule has 1 N–H and O–H groups in total. The van der Waals surface area contributed by atoms with Crippen LogP contribution in [-0.4, -0.2) is 63.4 Å². The summed E-state index contributed by atoms with van der Waals surface area (Å²) in [6, 6.07) is 4.55. The van der Waals surface area contributed by atoms with E-state index < -0.39 is 10.0 Å². The van der Waals surface area contributed by atoms with Gasteiger partial charge in [-0.15, -0.1) is 0 Å². The number of rotatable bonds is 4. The zero-order valence-corrected chi connectivity index (χ0v) is 16.1. The minimum atomic E-state index is -3.60. The molecule has 3 rings (SSSR count). The predicted molar refractivity (Wildman–Crippen MR) is 97.3 cm³/mol. The lowest BCUT2D eigenvalue weighted by Gasteiger charge is -2.38. The molecule has 5 nitrogen and oxygen atoms in total.